The molecular formula is C15H10O6. The quantitative estimate of drug-likeness (QED) is 0.660. The Bertz CT molecular complexity index is 705. The van der Waals surface area contributed by atoms with Crippen LogP contribution in [0.2, 0.25) is 0 Å². The third-order valence-electron chi connectivity index (χ3n) is 2.68. The Morgan fingerprint density at radius 1 is 0.762 bits per heavy atom. The molecule has 0 unspecified atom stereocenters. The van der Waals surface area contributed by atoms with Gasteiger partial charge in [-0.05, 0) is 24.3 Å². The third kappa shape index (κ3) is 3.06. The molecule has 0 atom stereocenters. The van der Waals surface area contributed by atoms with Crippen LogP contribution in [0.4, 0.5) is 0 Å². The lowest BCUT2D eigenvalue weighted by Crippen LogP contribution is -2.18. The van der Waals surface area contributed by atoms with E-state index in [0.717, 1.165) is 6.07 Å². The molecule has 6 heteroatoms. The summed E-state index contributed by atoms with van der Waals surface area (Å²) in [7, 11) is 0. The minimum Gasteiger partial charge on any atom is -0.478 e. The molecule has 0 fully saturated rings. The number of para-hydroxylation sites is 1. The van der Waals surface area contributed by atoms with Crippen molar-refractivity contribution in [3.63, 3.8) is 0 Å². The highest BCUT2D eigenvalue weighted by molar-refractivity contribution is 6.09. The molecular weight excluding hydrogens is 276 g/mol. The average Bonchev–Trinajstić information content (AvgIpc) is 2.47. The summed E-state index contributed by atoms with van der Waals surface area (Å²) in [5.41, 5.74) is -1.37. The van der Waals surface area contributed by atoms with Gasteiger partial charge in [0.1, 0.15) is 5.75 Å². The summed E-state index contributed by atoms with van der Waals surface area (Å²) in [6.45, 7) is 0. The van der Waals surface area contributed by atoms with Gasteiger partial charge in [-0.3, -0.25) is 0 Å². The fraction of sp³-hybridized carbons (Fsp3) is 0. The first-order chi connectivity index (χ1) is 10.0. The normalized spacial score (nSPS) is 9.90. The number of ether oxygens (including phenoxy) is 1. The first-order valence-electron chi connectivity index (χ1n) is 5.87. The molecule has 0 aliphatic carbocycles. The van der Waals surface area contributed by atoms with Gasteiger partial charge >= 0.3 is 17.9 Å². The lowest BCUT2D eigenvalue weighted by Gasteiger charge is -2.08. The maximum absolute atomic E-state index is 12.0. The molecule has 2 N–H and O–H groups in total. The summed E-state index contributed by atoms with van der Waals surface area (Å²) in [5, 5.41) is 18.1. The number of carboxylic acid groups (broad SMARTS) is 2. The van der Waals surface area contributed by atoms with Crippen LogP contribution in [0, 0.1) is 0 Å². The number of aromatic carboxylic acids is 2. The third-order valence-corrected chi connectivity index (χ3v) is 2.68. The van der Waals surface area contributed by atoms with Crippen LogP contribution in [-0.2, 0) is 0 Å². The van der Waals surface area contributed by atoms with Crippen molar-refractivity contribution in [2.75, 3.05) is 0 Å². The van der Waals surface area contributed by atoms with Crippen LogP contribution in [-0.4, -0.2) is 28.1 Å². The van der Waals surface area contributed by atoms with Crippen molar-refractivity contribution in [1.82, 2.24) is 0 Å². The smallest absolute Gasteiger partial charge is 0.344 e. The summed E-state index contributed by atoms with van der Waals surface area (Å²) >= 11 is 0. The summed E-state index contributed by atoms with van der Waals surface area (Å²) in [5.74, 6) is -3.63. The van der Waals surface area contributed by atoms with Crippen molar-refractivity contribution < 1.29 is 29.3 Å². The fourth-order valence-corrected chi connectivity index (χ4v) is 1.78. The van der Waals surface area contributed by atoms with E-state index in [1.165, 1.54) is 24.3 Å². The van der Waals surface area contributed by atoms with Gasteiger partial charge in [0.05, 0.1) is 16.7 Å². The zero-order valence-corrected chi connectivity index (χ0v) is 10.6. The highest BCUT2D eigenvalue weighted by atomic mass is 16.5. The molecule has 0 saturated carbocycles. The fourth-order valence-electron chi connectivity index (χ4n) is 1.78. The molecule has 0 aliphatic heterocycles. The summed E-state index contributed by atoms with van der Waals surface area (Å²) < 4.78 is 5.03. The minimum absolute atomic E-state index is 0.236. The number of hydrogen-bond donors (Lipinski definition) is 2. The Balaban J connectivity index is 2.44. The van der Waals surface area contributed by atoms with Crippen LogP contribution >= 0.6 is 0 Å². The molecule has 0 radical (unpaired) electrons. The molecule has 0 spiro atoms. The number of hydrogen-bond acceptors (Lipinski definition) is 4. The monoisotopic (exact) mass is 286 g/mol. The number of carbonyl (C=O) groups excluding carboxylic acids is 1. The largest absolute Gasteiger partial charge is 0.478 e. The molecule has 2 rings (SSSR count). The van der Waals surface area contributed by atoms with Crippen LogP contribution in [0.15, 0.2) is 48.5 Å². The van der Waals surface area contributed by atoms with Gasteiger partial charge in [-0.2, -0.15) is 0 Å². The highest BCUT2D eigenvalue weighted by Gasteiger charge is 2.24. The van der Waals surface area contributed by atoms with Crippen LogP contribution in [0.5, 0.6) is 5.75 Å². The summed E-state index contributed by atoms with van der Waals surface area (Å²) in [6, 6.07) is 11.7. The van der Waals surface area contributed by atoms with Gasteiger partial charge in [-0.25, -0.2) is 14.4 Å². The zero-order valence-electron chi connectivity index (χ0n) is 10.6. The highest BCUT2D eigenvalue weighted by Crippen LogP contribution is 2.18. The van der Waals surface area contributed by atoms with E-state index in [1.54, 1.807) is 18.2 Å². The van der Waals surface area contributed by atoms with Crippen molar-refractivity contribution in [3.05, 3.63) is 65.2 Å². The Morgan fingerprint density at radius 3 is 1.95 bits per heavy atom. The molecule has 0 heterocycles. The Labute approximate surface area is 119 Å². The van der Waals surface area contributed by atoms with Gasteiger partial charge in [0, 0.05) is 0 Å². The lowest BCUT2D eigenvalue weighted by atomic mass is 10.0. The van der Waals surface area contributed by atoms with Gasteiger partial charge < -0.3 is 14.9 Å². The molecule has 21 heavy (non-hydrogen) atoms. The predicted molar refractivity (Wildman–Crippen MR) is 71.8 cm³/mol. The Morgan fingerprint density at radius 2 is 1.38 bits per heavy atom. The summed E-state index contributed by atoms with van der Waals surface area (Å²) in [6.07, 6.45) is 0. The van der Waals surface area contributed by atoms with E-state index in [-0.39, 0.29) is 11.3 Å². The number of benzene rings is 2. The first-order valence-corrected chi connectivity index (χ1v) is 5.87. The van der Waals surface area contributed by atoms with E-state index in [9.17, 15) is 14.4 Å². The van der Waals surface area contributed by atoms with Gasteiger partial charge in [0.25, 0.3) is 0 Å². The predicted octanol–water partition coefficient (Wildman–Crippen LogP) is 2.30. The van der Waals surface area contributed by atoms with E-state index in [0.29, 0.717) is 0 Å². The topological polar surface area (TPSA) is 101 Å². The van der Waals surface area contributed by atoms with Crippen molar-refractivity contribution in [2.24, 2.45) is 0 Å². The number of rotatable bonds is 4. The molecule has 0 bridgehead atoms. The second-order valence-corrected chi connectivity index (χ2v) is 4.04. The molecule has 6 nitrogen and oxygen atoms in total. The maximum Gasteiger partial charge on any atom is 0.344 e. The molecule has 2 aromatic carbocycles. The second kappa shape index (κ2) is 5.87. The second-order valence-electron chi connectivity index (χ2n) is 4.04. The van der Waals surface area contributed by atoms with Gasteiger partial charge in [0.2, 0.25) is 0 Å². The molecule has 0 amide bonds. The van der Waals surface area contributed by atoms with Gasteiger partial charge in [0.15, 0.2) is 0 Å². The number of carbonyl (C=O) groups is 3. The van der Waals surface area contributed by atoms with Crippen LogP contribution in [0.25, 0.3) is 0 Å². The van der Waals surface area contributed by atoms with Crippen molar-refractivity contribution in [2.45, 2.75) is 0 Å². The van der Waals surface area contributed by atoms with E-state index in [4.69, 9.17) is 14.9 Å². The van der Waals surface area contributed by atoms with E-state index < -0.39 is 29.0 Å². The van der Waals surface area contributed by atoms with Crippen molar-refractivity contribution >= 4 is 17.9 Å². The van der Waals surface area contributed by atoms with E-state index >= 15 is 0 Å². The number of carboxylic acids is 2. The standard InChI is InChI=1S/C15H10O6/c16-13(17)10-7-4-8-11(12(10)14(18)19)15(20)21-9-5-2-1-3-6-9/h1-8H,(H,16,17)(H,18,19). The molecule has 0 saturated heterocycles. The average molecular weight is 286 g/mol. The molecule has 2 aromatic rings. The maximum atomic E-state index is 12.0. The van der Waals surface area contributed by atoms with Crippen LogP contribution in [0.3, 0.4) is 0 Å². The van der Waals surface area contributed by atoms with Gasteiger partial charge in [-0.1, -0.05) is 24.3 Å². The van der Waals surface area contributed by atoms with Crippen LogP contribution in [0.1, 0.15) is 31.1 Å². The van der Waals surface area contributed by atoms with E-state index in [1.807, 2.05) is 0 Å². The van der Waals surface area contributed by atoms with Gasteiger partial charge in [-0.15, -0.1) is 0 Å². The Kier molecular flexibility index (Phi) is 3.99. The summed E-state index contributed by atoms with van der Waals surface area (Å²) in [4.78, 5) is 34.3. The molecule has 0 aromatic heterocycles. The molecule has 0 aliphatic rings. The van der Waals surface area contributed by atoms with Crippen molar-refractivity contribution in [3.8, 4) is 5.75 Å². The minimum atomic E-state index is -1.51. The van der Waals surface area contributed by atoms with Crippen molar-refractivity contribution in [1.29, 1.82) is 0 Å². The first kappa shape index (κ1) is 14.3. The zero-order chi connectivity index (χ0) is 15.4. The lowest BCUT2D eigenvalue weighted by molar-refractivity contribution is 0.0640. The Hall–Kier alpha value is -3.15. The van der Waals surface area contributed by atoms with Crippen LogP contribution < -0.4 is 4.74 Å². The number of esters is 1. The SMILES string of the molecule is O=C(O)c1cccc(C(=O)Oc2ccccc2)c1C(=O)O. The molecule has 106 valence electrons. The van der Waals surface area contributed by atoms with E-state index in [2.05, 4.69) is 0 Å².